The molecule has 5 heteroatoms. The predicted molar refractivity (Wildman–Crippen MR) is 81.2 cm³/mol. The lowest BCUT2D eigenvalue weighted by molar-refractivity contribution is 0.0241. The summed E-state index contributed by atoms with van der Waals surface area (Å²) in [5.41, 5.74) is 6.16. The first-order chi connectivity index (χ1) is 10.2. The Morgan fingerprint density at radius 3 is 2.71 bits per heavy atom. The molecule has 0 saturated heterocycles. The average Bonchev–Trinajstić information content (AvgIpc) is 2.49. The first kappa shape index (κ1) is 15.8. The molecule has 5 nitrogen and oxygen atoms in total. The maximum atomic E-state index is 11.8. The minimum Gasteiger partial charge on any atom is -0.507 e. The molecule has 0 spiro atoms. The van der Waals surface area contributed by atoms with Crippen molar-refractivity contribution >= 4 is 5.91 Å². The van der Waals surface area contributed by atoms with Gasteiger partial charge in [-0.3, -0.25) is 4.79 Å². The van der Waals surface area contributed by atoms with Crippen LogP contribution < -0.4 is 11.1 Å². The molecule has 21 heavy (non-hydrogen) atoms. The van der Waals surface area contributed by atoms with Crippen LogP contribution in [0.3, 0.4) is 0 Å². The van der Waals surface area contributed by atoms with Crippen molar-refractivity contribution in [3.8, 4) is 5.75 Å². The Balaban J connectivity index is 1.60. The number of hydrogen-bond donors (Lipinski definition) is 3. The number of rotatable bonds is 6. The molecule has 1 aromatic rings. The zero-order valence-electron chi connectivity index (χ0n) is 12.3. The highest BCUT2D eigenvalue weighted by molar-refractivity contribution is 5.96. The maximum absolute atomic E-state index is 11.8. The predicted octanol–water partition coefficient (Wildman–Crippen LogP) is 1.80. The Bertz CT molecular complexity index is 457. The van der Waals surface area contributed by atoms with E-state index in [4.69, 9.17) is 10.5 Å². The number of hydrogen-bond acceptors (Lipinski definition) is 4. The van der Waals surface area contributed by atoms with Gasteiger partial charge in [-0.25, -0.2) is 0 Å². The van der Waals surface area contributed by atoms with Crippen LogP contribution in [0.25, 0.3) is 0 Å². The highest BCUT2D eigenvalue weighted by Gasteiger charge is 2.18. The van der Waals surface area contributed by atoms with E-state index < -0.39 is 0 Å². The number of phenolic OH excluding ortho intramolecular Hbond substituents is 1. The van der Waals surface area contributed by atoms with E-state index in [0.717, 1.165) is 32.1 Å². The first-order valence-electron chi connectivity index (χ1n) is 7.60. The Morgan fingerprint density at radius 2 is 2.00 bits per heavy atom. The minimum absolute atomic E-state index is 0.00444. The molecule has 0 atom stereocenters. The van der Waals surface area contributed by atoms with Crippen molar-refractivity contribution in [2.75, 3.05) is 13.2 Å². The lowest BCUT2D eigenvalue weighted by atomic mass is 9.94. The van der Waals surface area contributed by atoms with Crippen molar-refractivity contribution in [3.63, 3.8) is 0 Å². The van der Waals surface area contributed by atoms with Gasteiger partial charge in [0.1, 0.15) is 5.75 Å². The normalized spacial score (nSPS) is 22.0. The van der Waals surface area contributed by atoms with Gasteiger partial charge in [-0.1, -0.05) is 12.1 Å². The first-order valence-corrected chi connectivity index (χ1v) is 7.60. The van der Waals surface area contributed by atoms with Crippen LogP contribution in [0.15, 0.2) is 24.3 Å². The van der Waals surface area contributed by atoms with Crippen LogP contribution in [0.2, 0.25) is 0 Å². The second kappa shape index (κ2) is 8.00. The second-order valence-electron chi connectivity index (χ2n) is 5.53. The number of ether oxygens (including phenoxy) is 1. The molecule has 0 radical (unpaired) electrons. The van der Waals surface area contributed by atoms with Gasteiger partial charge < -0.3 is 20.9 Å². The number of amides is 1. The molecule has 0 bridgehead atoms. The summed E-state index contributed by atoms with van der Waals surface area (Å²) in [7, 11) is 0. The third-order valence-electron chi connectivity index (χ3n) is 3.83. The number of nitrogens with one attached hydrogen (secondary N) is 1. The lowest BCUT2D eigenvalue weighted by Crippen LogP contribution is -2.31. The molecule has 0 unspecified atom stereocenters. The minimum atomic E-state index is -0.253. The molecule has 0 aliphatic heterocycles. The standard InChI is InChI=1S/C16H24N2O3/c17-12-6-8-13(9-7-12)21-11-3-10-18-16(20)14-4-1-2-5-15(14)19/h1-2,4-5,12-13,19H,3,6-11,17H2,(H,18,20). The van der Waals surface area contributed by atoms with Gasteiger partial charge in [-0.2, -0.15) is 0 Å². The molecule has 0 aromatic heterocycles. The fourth-order valence-electron chi connectivity index (χ4n) is 2.54. The van der Waals surface area contributed by atoms with Gasteiger partial charge >= 0.3 is 0 Å². The molecule has 1 aliphatic carbocycles. The van der Waals surface area contributed by atoms with Crippen molar-refractivity contribution in [2.24, 2.45) is 5.73 Å². The topological polar surface area (TPSA) is 84.6 Å². The summed E-state index contributed by atoms with van der Waals surface area (Å²) in [6, 6.07) is 6.86. The molecule has 1 aromatic carbocycles. The summed E-state index contributed by atoms with van der Waals surface area (Å²) < 4.78 is 5.79. The zero-order valence-corrected chi connectivity index (χ0v) is 12.3. The van der Waals surface area contributed by atoms with E-state index in [9.17, 15) is 9.90 Å². The highest BCUT2D eigenvalue weighted by atomic mass is 16.5. The Kier molecular flexibility index (Phi) is 6.02. The number of phenols is 1. The van der Waals surface area contributed by atoms with E-state index in [2.05, 4.69) is 5.32 Å². The van der Waals surface area contributed by atoms with Gasteiger partial charge in [0, 0.05) is 19.2 Å². The molecule has 1 saturated carbocycles. The van der Waals surface area contributed by atoms with E-state index in [1.807, 2.05) is 0 Å². The van der Waals surface area contributed by atoms with Crippen molar-refractivity contribution in [2.45, 2.75) is 44.2 Å². The monoisotopic (exact) mass is 292 g/mol. The summed E-state index contributed by atoms with van der Waals surface area (Å²) in [6.07, 6.45) is 5.22. The molecular weight excluding hydrogens is 268 g/mol. The Morgan fingerprint density at radius 1 is 1.29 bits per heavy atom. The van der Waals surface area contributed by atoms with Gasteiger partial charge in [-0.15, -0.1) is 0 Å². The Hall–Kier alpha value is -1.59. The number of nitrogens with two attached hydrogens (primary N) is 1. The van der Waals surface area contributed by atoms with E-state index >= 15 is 0 Å². The summed E-state index contributed by atoms with van der Waals surface area (Å²) in [5, 5.41) is 12.4. The number of para-hydroxylation sites is 1. The van der Waals surface area contributed by atoms with Crippen LogP contribution in [-0.2, 0) is 4.74 Å². The van der Waals surface area contributed by atoms with Crippen molar-refractivity contribution in [3.05, 3.63) is 29.8 Å². The number of carbonyl (C=O) groups excluding carboxylic acids is 1. The fraction of sp³-hybridized carbons (Fsp3) is 0.562. The molecule has 1 aliphatic rings. The zero-order chi connectivity index (χ0) is 15.1. The third-order valence-corrected chi connectivity index (χ3v) is 3.83. The molecular formula is C16H24N2O3. The summed E-state index contributed by atoms with van der Waals surface area (Å²) >= 11 is 0. The van der Waals surface area contributed by atoms with Crippen LogP contribution in [0.4, 0.5) is 0 Å². The lowest BCUT2D eigenvalue weighted by Gasteiger charge is -2.26. The Labute approximate surface area is 125 Å². The van der Waals surface area contributed by atoms with Crippen molar-refractivity contribution in [1.82, 2.24) is 5.32 Å². The van der Waals surface area contributed by atoms with E-state index in [1.54, 1.807) is 18.2 Å². The van der Waals surface area contributed by atoms with Crippen LogP contribution in [0.5, 0.6) is 5.75 Å². The van der Waals surface area contributed by atoms with Crippen LogP contribution in [0, 0.1) is 0 Å². The summed E-state index contributed by atoms with van der Waals surface area (Å²) in [4.78, 5) is 11.8. The summed E-state index contributed by atoms with van der Waals surface area (Å²) in [6.45, 7) is 1.18. The quantitative estimate of drug-likeness (QED) is 0.698. The van der Waals surface area contributed by atoms with Crippen LogP contribution >= 0.6 is 0 Å². The van der Waals surface area contributed by atoms with Gasteiger partial charge in [0.2, 0.25) is 0 Å². The van der Waals surface area contributed by atoms with E-state index in [0.29, 0.717) is 30.9 Å². The molecule has 2 rings (SSSR count). The number of benzene rings is 1. The average molecular weight is 292 g/mol. The SMILES string of the molecule is NC1CCC(OCCCNC(=O)c2ccccc2O)CC1. The van der Waals surface area contributed by atoms with Crippen molar-refractivity contribution in [1.29, 1.82) is 0 Å². The number of carbonyl (C=O) groups is 1. The van der Waals surface area contributed by atoms with Crippen LogP contribution in [-0.4, -0.2) is 36.3 Å². The molecule has 1 fully saturated rings. The molecule has 4 N–H and O–H groups in total. The smallest absolute Gasteiger partial charge is 0.255 e. The number of aromatic hydroxyl groups is 1. The fourth-order valence-corrected chi connectivity index (χ4v) is 2.54. The van der Waals surface area contributed by atoms with E-state index in [1.165, 1.54) is 6.07 Å². The highest BCUT2D eigenvalue weighted by Crippen LogP contribution is 2.19. The third kappa shape index (κ3) is 5.02. The second-order valence-corrected chi connectivity index (χ2v) is 5.53. The maximum Gasteiger partial charge on any atom is 0.255 e. The van der Waals surface area contributed by atoms with E-state index in [-0.39, 0.29) is 11.7 Å². The van der Waals surface area contributed by atoms with Crippen LogP contribution in [0.1, 0.15) is 42.5 Å². The van der Waals surface area contributed by atoms with Gasteiger partial charge in [-0.05, 0) is 44.2 Å². The van der Waals surface area contributed by atoms with Gasteiger partial charge in [0.05, 0.1) is 11.7 Å². The molecule has 0 heterocycles. The van der Waals surface area contributed by atoms with Gasteiger partial charge in [0.25, 0.3) is 5.91 Å². The molecule has 116 valence electrons. The van der Waals surface area contributed by atoms with Gasteiger partial charge in [0.15, 0.2) is 0 Å². The summed E-state index contributed by atoms with van der Waals surface area (Å²) in [5.74, 6) is -0.249. The molecule has 1 amide bonds. The largest absolute Gasteiger partial charge is 0.507 e. The van der Waals surface area contributed by atoms with Crippen molar-refractivity contribution < 1.29 is 14.6 Å².